The van der Waals surface area contributed by atoms with Crippen LogP contribution in [0.25, 0.3) is 0 Å². The van der Waals surface area contributed by atoms with Gasteiger partial charge in [-0.25, -0.2) is 9.97 Å². The summed E-state index contributed by atoms with van der Waals surface area (Å²) < 4.78 is 0. The molecular formula is C15H15ClN4O. The quantitative estimate of drug-likeness (QED) is 0.848. The Morgan fingerprint density at radius 1 is 1.33 bits per heavy atom. The lowest BCUT2D eigenvalue weighted by atomic mass is 10.2. The second-order valence-corrected chi connectivity index (χ2v) is 5.48. The van der Waals surface area contributed by atoms with Crippen molar-refractivity contribution in [3.8, 4) is 0 Å². The van der Waals surface area contributed by atoms with Crippen molar-refractivity contribution in [2.75, 3.05) is 10.6 Å². The van der Waals surface area contributed by atoms with Gasteiger partial charge in [0, 0.05) is 29.1 Å². The molecule has 0 bridgehead atoms. The van der Waals surface area contributed by atoms with E-state index in [4.69, 9.17) is 11.6 Å². The first-order valence-corrected chi connectivity index (χ1v) is 7.17. The Bertz CT molecular complexity index is 685. The van der Waals surface area contributed by atoms with E-state index in [1.54, 1.807) is 6.20 Å². The van der Waals surface area contributed by atoms with Gasteiger partial charge in [0.05, 0.1) is 0 Å². The Balaban J connectivity index is 1.76. The van der Waals surface area contributed by atoms with Crippen molar-refractivity contribution in [2.24, 2.45) is 5.92 Å². The van der Waals surface area contributed by atoms with Crippen LogP contribution in [-0.4, -0.2) is 15.9 Å². The van der Waals surface area contributed by atoms with Gasteiger partial charge in [-0.2, -0.15) is 0 Å². The molecule has 0 radical (unpaired) electrons. The highest BCUT2D eigenvalue weighted by Crippen LogP contribution is 2.30. The number of nitrogens with one attached hydrogen (secondary N) is 2. The van der Waals surface area contributed by atoms with Crippen molar-refractivity contribution in [3.63, 3.8) is 0 Å². The van der Waals surface area contributed by atoms with E-state index in [-0.39, 0.29) is 17.1 Å². The molecule has 1 aromatic carbocycles. The summed E-state index contributed by atoms with van der Waals surface area (Å²) in [6.45, 7) is 1.90. The molecule has 0 unspecified atom stereocenters. The first kappa shape index (κ1) is 13.8. The van der Waals surface area contributed by atoms with Crippen LogP contribution in [0, 0.1) is 12.8 Å². The zero-order chi connectivity index (χ0) is 14.8. The third kappa shape index (κ3) is 3.49. The van der Waals surface area contributed by atoms with E-state index >= 15 is 0 Å². The van der Waals surface area contributed by atoms with Gasteiger partial charge >= 0.3 is 0 Å². The second-order valence-electron chi connectivity index (χ2n) is 5.14. The largest absolute Gasteiger partial charge is 0.340 e. The molecule has 3 rings (SSSR count). The summed E-state index contributed by atoms with van der Waals surface area (Å²) >= 11 is 5.81. The van der Waals surface area contributed by atoms with Gasteiger partial charge in [-0.3, -0.25) is 4.79 Å². The highest BCUT2D eigenvalue weighted by Gasteiger charge is 2.29. The number of benzene rings is 1. The molecule has 1 saturated carbocycles. The zero-order valence-electron chi connectivity index (χ0n) is 11.6. The van der Waals surface area contributed by atoms with E-state index in [0.717, 1.165) is 29.8 Å². The monoisotopic (exact) mass is 302 g/mol. The molecule has 21 heavy (non-hydrogen) atoms. The van der Waals surface area contributed by atoms with E-state index in [9.17, 15) is 4.79 Å². The van der Waals surface area contributed by atoms with Gasteiger partial charge in [-0.1, -0.05) is 6.07 Å². The minimum Gasteiger partial charge on any atom is -0.340 e. The van der Waals surface area contributed by atoms with Crippen LogP contribution in [0.3, 0.4) is 0 Å². The van der Waals surface area contributed by atoms with Crippen LogP contribution in [0.1, 0.15) is 18.4 Å². The number of aryl methyl sites for hydroxylation is 1. The first-order valence-electron chi connectivity index (χ1n) is 6.79. The summed E-state index contributed by atoms with van der Waals surface area (Å²) in [7, 11) is 0. The number of anilines is 3. The fourth-order valence-corrected chi connectivity index (χ4v) is 2.08. The molecule has 108 valence electrons. The number of rotatable bonds is 4. The maximum atomic E-state index is 11.8. The molecule has 6 heteroatoms. The third-order valence-electron chi connectivity index (χ3n) is 3.28. The summed E-state index contributed by atoms with van der Waals surface area (Å²) in [6, 6.07) is 7.52. The predicted octanol–water partition coefficient (Wildman–Crippen LogP) is 3.53. The smallest absolute Gasteiger partial charge is 0.227 e. The van der Waals surface area contributed by atoms with Crippen molar-refractivity contribution in [3.05, 3.63) is 41.3 Å². The number of hydrogen-bond donors (Lipinski definition) is 2. The van der Waals surface area contributed by atoms with Crippen LogP contribution >= 0.6 is 11.6 Å². The Hall–Kier alpha value is -2.14. The maximum Gasteiger partial charge on any atom is 0.227 e. The number of halogens is 1. The van der Waals surface area contributed by atoms with Crippen LogP contribution < -0.4 is 10.6 Å². The molecule has 0 aliphatic heterocycles. The Morgan fingerprint density at radius 3 is 2.86 bits per heavy atom. The van der Waals surface area contributed by atoms with Crippen LogP contribution in [0.4, 0.5) is 17.2 Å². The number of aromatic nitrogens is 2. The van der Waals surface area contributed by atoms with Crippen molar-refractivity contribution in [2.45, 2.75) is 19.8 Å². The lowest BCUT2D eigenvalue weighted by Gasteiger charge is -2.10. The molecule has 1 heterocycles. The van der Waals surface area contributed by atoms with Gasteiger partial charge < -0.3 is 10.6 Å². The molecule has 1 aliphatic rings. The lowest BCUT2D eigenvalue weighted by molar-refractivity contribution is -0.117. The summed E-state index contributed by atoms with van der Waals surface area (Å²) in [4.78, 5) is 19.8. The van der Waals surface area contributed by atoms with Crippen LogP contribution in [0.2, 0.25) is 5.28 Å². The van der Waals surface area contributed by atoms with Gasteiger partial charge in [-0.05, 0) is 49.6 Å². The Kier molecular flexibility index (Phi) is 3.75. The molecular weight excluding hydrogens is 288 g/mol. The average Bonchev–Trinajstić information content (AvgIpc) is 3.28. The van der Waals surface area contributed by atoms with E-state index < -0.39 is 0 Å². The van der Waals surface area contributed by atoms with E-state index in [1.165, 1.54) is 0 Å². The second kappa shape index (κ2) is 5.69. The van der Waals surface area contributed by atoms with Gasteiger partial charge in [-0.15, -0.1) is 0 Å². The van der Waals surface area contributed by atoms with Crippen molar-refractivity contribution in [1.29, 1.82) is 0 Å². The normalized spacial score (nSPS) is 13.8. The van der Waals surface area contributed by atoms with Crippen molar-refractivity contribution < 1.29 is 4.79 Å². The molecule has 0 atom stereocenters. The van der Waals surface area contributed by atoms with Crippen LogP contribution in [-0.2, 0) is 4.79 Å². The van der Waals surface area contributed by atoms with E-state index in [2.05, 4.69) is 20.6 Å². The number of carbonyl (C=O) groups is 1. The molecule has 1 fully saturated rings. The molecule has 2 N–H and O–H groups in total. The SMILES string of the molecule is Cc1cnc(Cl)nc1Nc1cccc(NC(=O)C2CC2)c1. The average molecular weight is 303 g/mol. The van der Waals surface area contributed by atoms with Crippen LogP contribution in [0.15, 0.2) is 30.5 Å². The molecule has 5 nitrogen and oxygen atoms in total. The summed E-state index contributed by atoms with van der Waals surface area (Å²) in [5.74, 6) is 0.929. The zero-order valence-corrected chi connectivity index (χ0v) is 12.3. The Morgan fingerprint density at radius 2 is 2.10 bits per heavy atom. The minimum absolute atomic E-state index is 0.0911. The molecule has 1 aliphatic carbocycles. The summed E-state index contributed by atoms with van der Waals surface area (Å²) in [5.41, 5.74) is 2.50. The molecule has 0 spiro atoms. The number of carbonyl (C=O) groups excluding carboxylic acids is 1. The molecule has 1 amide bonds. The summed E-state index contributed by atoms with van der Waals surface area (Å²) in [6.07, 6.45) is 3.64. The summed E-state index contributed by atoms with van der Waals surface area (Å²) in [5, 5.41) is 6.30. The number of amides is 1. The fourth-order valence-electron chi connectivity index (χ4n) is 1.95. The third-order valence-corrected chi connectivity index (χ3v) is 3.47. The minimum atomic E-state index is 0.0911. The van der Waals surface area contributed by atoms with Gasteiger partial charge in [0.2, 0.25) is 11.2 Å². The lowest BCUT2D eigenvalue weighted by Crippen LogP contribution is -2.13. The topological polar surface area (TPSA) is 66.9 Å². The number of nitrogens with zero attached hydrogens (tertiary/aromatic N) is 2. The maximum absolute atomic E-state index is 11.8. The fraction of sp³-hybridized carbons (Fsp3) is 0.267. The first-order chi connectivity index (χ1) is 10.1. The molecule has 1 aromatic heterocycles. The number of hydrogen-bond acceptors (Lipinski definition) is 4. The van der Waals surface area contributed by atoms with Crippen LogP contribution in [0.5, 0.6) is 0 Å². The van der Waals surface area contributed by atoms with Gasteiger partial charge in [0.15, 0.2) is 0 Å². The Labute approximate surface area is 127 Å². The van der Waals surface area contributed by atoms with Gasteiger partial charge in [0.25, 0.3) is 0 Å². The van der Waals surface area contributed by atoms with E-state index in [1.807, 2.05) is 31.2 Å². The van der Waals surface area contributed by atoms with Crippen molar-refractivity contribution in [1.82, 2.24) is 9.97 Å². The highest BCUT2D eigenvalue weighted by molar-refractivity contribution is 6.28. The highest BCUT2D eigenvalue weighted by atomic mass is 35.5. The predicted molar refractivity (Wildman–Crippen MR) is 82.9 cm³/mol. The van der Waals surface area contributed by atoms with Gasteiger partial charge in [0.1, 0.15) is 5.82 Å². The molecule has 0 saturated heterocycles. The van der Waals surface area contributed by atoms with E-state index in [0.29, 0.717) is 5.82 Å². The molecule has 2 aromatic rings. The van der Waals surface area contributed by atoms with Crippen molar-refractivity contribution >= 4 is 34.7 Å². The standard InChI is InChI=1S/C15H15ClN4O/c1-9-8-17-15(16)20-13(9)18-11-3-2-4-12(7-11)19-14(21)10-5-6-10/h2-4,7-8,10H,5-6H2,1H3,(H,19,21)(H,17,18,20).